The van der Waals surface area contributed by atoms with Gasteiger partial charge in [0.1, 0.15) is 0 Å². The van der Waals surface area contributed by atoms with E-state index in [0.29, 0.717) is 32.6 Å². The van der Waals surface area contributed by atoms with Crippen LogP contribution in [-0.4, -0.2) is 54.6 Å². The van der Waals surface area contributed by atoms with Gasteiger partial charge in [-0.3, -0.25) is 9.69 Å². The molecule has 2 heterocycles. The van der Waals surface area contributed by atoms with Gasteiger partial charge in [0, 0.05) is 26.2 Å². The van der Waals surface area contributed by atoms with Crippen molar-refractivity contribution in [1.82, 2.24) is 9.80 Å². The van der Waals surface area contributed by atoms with Crippen molar-refractivity contribution >= 4 is 18.3 Å². The number of halogens is 4. The molecule has 1 aromatic carbocycles. The molecule has 2 N–H and O–H groups in total. The van der Waals surface area contributed by atoms with Crippen LogP contribution in [0.5, 0.6) is 0 Å². The van der Waals surface area contributed by atoms with Crippen LogP contribution in [0.15, 0.2) is 30.3 Å². The highest BCUT2D eigenvalue weighted by atomic mass is 35.5. The van der Waals surface area contributed by atoms with Gasteiger partial charge in [-0.1, -0.05) is 37.3 Å². The summed E-state index contributed by atoms with van der Waals surface area (Å²) in [7, 11) is 0. The fourth-order valence-corrected chi connectivity index (χ4v) is 4.06. The van der Waals surface area contributed by atoms with Crippen molar-refractivity contribution in [2.45, 2.75) is 32.5 Å². The predicted octanol–water partition coefficient (Wildman–Crippen LogP) is 3.06. The number of likely N-dealkylation sites (tertiary alicyclic amines) is 2. The van der Waals surface area contributed by atoms with E-state index < -0.39 is 17.5 Å². The number of amides is 1. The predicted molar refractivity (Wildman–Crippen MR) is 100 cm³/mol. The van der Waals surface area contributed by atoms with E-state index in [9.17, 15) is 18.0 Å². The molecule has 2 aliphatic rings. The molecule has 0 saturated carbocycles. The number of nitrogens with two attached hydrogens (primary N) is 1. The largest absolute Gasteiger partial charge is 0.404 e. The molecule has 2 atom stereocenters. The van der Waals surface area contributed by atoms with Crippen molar-refractivity contribution in [2.24, 2.45) is 16.6 Å². The fourth-order valence-electron chi connectivity index (χ4n) is 4.06. The van der Waals surface area contributed by atoms with Crippen LogP contribution >= 0.6 is 12.4 Å². The van der Waals surface area contributed by atoms with Crippen molar-refractivity contribution in [3.63, 3.8) is 0 Å². The Hall–Kier alpha value is -1.31. The van der Waals surface area contributed by atoms with Crippen LogP contribution in [-0.2, 0) is 11.3 Å². The molecule has 0 radical (unpaired) electrons. The normalized spacial score (nSPS) is 29.0. The number of rotatable bonds is 4. The molecule has 2 unspecified atom stereocenters. The van der Waals surface area contributed by atoms with E-state index in [2.05, 4.69) is 0 Å². The Morgan fingerprint density at radius 1 is 1.15 bits per heavy atom. The monoisotopic (exact) mass is 405 g/mol. The van der Waals surface area contributed by atoms with Crippen LogP contribution in [0.1, 0.15) is 25.3 Å². The van der Waals surface area contributed by atoms with Gasteiger partial charge in [0.25, 0.3) is 0 Å². The van der Waals surface area contributed by atoms with Crippen molar-refractivity contribution in [3.05, 3.63) is 35.9 Å². The highest BCUT2D eigenvalue weighted by molar-refractivity contribution is 5.85. The van der Waals surface area contributed by atoms with Crippen molar-refractivity contribution in [1.29, 1.82) is 0 Å². The lowest BCUT2D eigenvalue weighted by molar-refractivity contribution is -0.223. The number of carbonyl (C=O) groups is 1. The molecule has 0 spiro atoms. The third-order valence-corrected chi connectivity index (χ3v) is 5.89. The Bertz CT molecular complexity index is 657. The maximum absolute atomic E-state index is 14.0. The third-order valence-electron chi connectivity index (χ3n) is 5.89. The summed E-state index contributed by atoms with van der Waals surface area (Å²) in [5.41, 5.74) is 4.10. The highest BCUT2D eigenvalue weighted by Gasteiger charge is 2.64. The molecule has 8 heteroatoms. The molecule has 0 aromatic heterocycles. The Balaban J connectivity index is 0.00000261. The summed E-state index contributed by atoms with van der Waals surface area (Å²) in [4.78, 5) is 16.1. The summed E-state index contributed by atoms with van der Waals surface area (Å²) >= 11 is 0. The van der Waals surface area contributed by atoms with Crippen LogP contribution in [0, 0.1) is 10.8 Å². The maximum Gasteiger partial charge on any atom is 0.404 e. The lowest BCUT2D eigenvalue weighted by atomic mass is 9.84. The van der Waals surface area contributed by atoms with Crippen LogP contribution < -0.4 is 5.73 Å². The molecular formula is C19H27ClF3N3O. The zero-order valence-corrected chi connectivity index (χ0v) is 16.3. The number of hydrogen-bond acceptors (Lipinski definition) is 3. The highest BCUT2D eigenvalue weighted by Crippen LogP contribution is 2.48. The van der Waals surface area contributed by atoms with E-state index in [-0.39, 0.29) is 37.3 Å². The van der Waals surface area contributed by atoms with Gasteiger partial charge in [0.2, 0.25) is 5.91 Å². The van der Waals surface area contributed by atoms with Crippen LogP contribution in [0.4, 0.5) is 13.2 Å². The number of hydrogen-bond donors (Lipinski definition) is 1. The number of benzene rings is 1. The van der Waals surface area contributed by atoms with Gasteiger partial charge < -0.3 is 10.6 Å². The van der Waals surface area contributed by atoms with E-state index >= 15 is 0 Å². The summed E-state index contributed by atoms with van der Waals surface area (Å²) in [6.07, 6.45) is -4.09. The zero-order chi connectivity index (χ0) is 19.0. The average Bonchev–Trinajstić information content (AvgIpc) is 3.20. The molecule has 2 saturated heterocycles. The standard InChI is InChI=1S/C19H26F3N3O.ClH/c1-17(12-23)7-10-25(13-17)16(26)18(19(20,21)22)8-9-24(14-18)11-15-5-3-2-4-6-15;/h2-6H,7-14,23H2,1H3;1H. The Labute approximate surface area is 164 Å². The molecule has 3 rings (SSSR count). The summed E-state index contributed by atoms with van der Waals surface area (Å²) in [5, 5.41) is 0. The molecule has 2 aliphatic heterocycles. The molecule has 2 fully saturated rings. The topological polar surface area (TPSA) is 49.6 Å². The van der Waals surface area contributed by atoms with E-state index in [1.165, 1.54) is 4.90 Å². The van der Waals surface area contributed by atoms with Gasteiger partial charge in [-0.15, -0.1) is 12.4 Å². The lowest BCUT2D eigenvalue weighted by Crippen LogP contribution is -2.53. The van der Waals surface area contributed by atoms with Gasteiger partial charge in [-0.25, -0.2) is 0 Å². The Morgan fingerprint density at radius 2 is 1.81 bits per heavy atom. The van der Waals surface area contributed by atoms with Crippen molar-refractivity contribution in [3.8, 4) is 0 Å². The molecule has 0 bridgehead atoms. The Kier molecular flexibility index (Phi) is 6.49. The molecule has 1 amide bonds. The first-order valence-corrected chi connectivity index (χ1v) is 9.02. The molecule has 1 aromatic rings. The summed E-state index contributed by atoms with van der Waals surface area (Å²) in [6, 6.07) is 9.39. The number of nitrogens with zero attached hydrogens (tertiary/aromatic N) is 2. The van der Waals surface area contributed by atoms with Gasteiger partial charge in [0.15, 0.2) is 5.41 Å². The second kappa shape index (κ2) is 7.97. The van der Waals surface area contributed by atoms with E-state index in [4.69, 9.17) is 5.73 Å². The molecule has 0 aliphatic carbocycles. The molecule has 4 nitrogen and oxygen atoms in total. The first kappa shape index (κ1) is 22.0. The summed E-state index contributed by atoms with van der Waals surface area (Å²) in [5.74, 6) is -0.780. The van der Waals surface area contributed by atoms with Crippen molar-refractivity contribution in [2.75, 3.05) is 32.7 Å². The first-order chi connectivity index (χ1) is 12.2. The Morgan fingerprint density at radius 3 is 2.37 bits per heavy atom. The minimum atomic E-state index is -4.56. The number of alkyl halides is 3. The van der Waals surface area contributed by atoms with Crippen molar-refractivity contribution < 1.29 is 18.0 Å². The second-order valence-corrected chi connectivity index (χ2v) is 8.02. The van der Waals surface area contributed by atoms with Gasteiger partial charge in [-0.2, -0.15) is 13.2 Å². The number of carbonyl (C=O) groups excluding carboxylic acids is 1. The minimum absolute atomic E-state index is 0. The zero-order valence-electron chi connectivity index (χ0n) is 15.5. The van der Waals surface area contributed by atoms with E-state index in [0.717, 1.165) is 5.56 Å². The summed E-state index contributed by atoms with van der Waals surface area (Å²) < 4.78 is 42.0. The van der Waals surface area contributed by atoms with Crippen LogP contribution in [0.3, 0.4) is 0 Å². The van der Waals surface area contributed by atoms with E-state index in [1.54, 1.807) is 4.90 Å². The molecular weight excluding hydrogens is 379 g/mol. The third kappa shape index (κ3) is 4.25. The summed E-state index contributed by atoms with van der Waals surface area (Å²) in [6.45, 7) is 3.36. The molecule has 152 valence electrons. The first-order valence-electron chi connectivity index (χ1n) is 9.02. The average molecular weight is 406 g/mol. The quantitative estimate of drug-likeness (QED) is 0.837. The van der Waals surface area contributed by atoms with Gasteiger partial charge in [0.05, 0.1) is 0 Å². The smallest absolute Gasteiger partial charge is 0.341 e. The second-order valence-electron chi connectivity index (χ2n) is 8.02. The maximum atomic E-state index is 14.0. The van der Waals surface area contributed by atoms with Crippen LogP contribution in [0.2, 0.25) is 0 Å². The SMILES string of the molecule is CC1(CN)CCN(C(=O)C2(C(F)(F)F)CCN(Cc3ccccc3)C2)C1.Cl. The lowest BCUT2D eigenvalue weighted by Gasteiger charge is -2.35. The van der Waals surface area contributed by atoms with E-state index in [1.807, 2.05) is 37.3 Å². The van der Waals surface area contributed by atoms with Gasteiger partial charge >= 0.3 is 6.18 Å². The molecule has 27 heavy (non-hydrogen) atoms. The van der Waals surface area contributed by atoms with Gasteiger partial charge in [-0.05, 0) is 36.9 Å². The van der Waals surface area contributed by atoms with Crippen LogP contribution in [0.25, 0.3) is 0 Å². The minimum Gasteiger partial charge on any atom is -0.341 e. The fraction of sp³-hybridized carbons (Fsp3) is 0.632.